The van der Waals surface area contributed by atoms with Gasteiger partial charge in [0.15, 0.2) is 0 Å². The van der Waals surface area contributed by atoms with Crippen molar-refractivity contribution in [3.05, 3.63) is 0 Å². The molecule has 2 nitrogen and oxygen atoms in total. The second kappa shape index (κ2) is 22.8. The fraction of sp³-hybridized carbons (Fsp3) is 0.962. The lowest BCUT2D eigenvalue weighted by atomic mass is 10.00. The van der Waals surface area contributed by atoms with Crippen LogP contribution in [0, 0.1) is 5.92 Å². The van der Waals surface area contributed by atoms with E-state index >= 15 is 0 Å². The summed E-state index contributed by atoms with van der Waals surface area (Å²) in [5.41, 5.74) is 0. The summed E-state index contributed by atoms with van der Waals surface area (Å²) >= 11 is 0. The molecule has 0 aromatic rings. The van der Waals surface area contributed by atoms with Crippen molar-refractivity contribution in [1.29, 1.82) is 0 Å². The van der Waals surface area contributed by atoms with E-state index < -0.39 is 0 Å². The van der Waals surface area contributed by atoms with Crippen molar-refractivity contribution in [3.8, 4) is 0 Å². The zero-order valence-electron chi connectivity index (χ0n) is 19.7. The van der Waals surface area contributed by atoms with Gasteiger partial charge >= 0.3 is 5.97 Å². The van der Waals surface area contributed by atoms with Gasteiger partial charge in [0.1, 0.15) is 0 Å². The molecular weight excluding hydrogens is 344 g/mol. The molecule has 1 atom stereocenters. The van der Waals surface area contributed by atoms with Crippen LogP contribution in [0.4, 0.5) is 0 Å². The lowest BCUT2D eigenvalue weighted by molar-refractivity contribution is -0.149. The van der Waals surface area contributed by atoms with Crippen molar-refractivity contribution < 1.29 is 9.53 Å². The van der Waals surface area contributed by atoms with Crippen LogP contribution in [0.5, 0.6) is 0 Å². The predicted molar refractivity (Wildman–Crippen MR) is 124 cm³/mol. The molecule has 0 fully saturated rings. The average Bonchev–Trinajstić information content (AvgIpc) is 2.70. The standard InChI is InChI=1S/C26H52O2/c1-4-7-9-10-11-12-13-14-15-16-17-18-19-20-21-22-24-28-26(27)25(6-3)23-8-5-2/h25H,4-24H2,1-3H3/t25-/m0/s1. The number of esters is 1. The van der Waals surface area contributed by atoms with E-state index in [0.717, 1.165) is 32.1 Å². The van der Waals surface area contributed by atoms with Gasteiger partial charge in [-0.1, -0.05) is 130 Å². The van der Waals surface area contributed by atoms with Crippen LogP contribution in [0.25, 0.3) is 0 Å². The van der Waals surface area contributed by atoms with Gasteiger partial charge in [0.25, 0.3) is 0 Å². The first-order chi connectivity index (χ1) is 13.8. The molecule has 0 N–H and O–H groups in total. The monoisotopic (exact) mass is 396 g/mol. The molecule has 0 aliphatic heterocycles. The van der Waals surface area contributed by atoms with Crippen molar-refractivity contribution in [2.45, 2.75) is 149 Å². The summed E-state index contributed by atoms with van der Waals surface area (Å²) in [6.45, 7) is 7.18. The molecule has 0 aromatic carbocycles. The molecule has 0 spiro atoms. The highest BCUT2D eigenvalue weighted by Gasteiger charge is 2.16. The Hall–Kier alpha value is -0.530. The van der Waals surface area contributed by atoms with E-state index in [-0.39, 0.29) is 11.9 Å². The number of carbonyl (C=O) groups excluding carboxylic acids is 1. The van der Waals surface area contributed by atoms with Gasteiger partial charge < -0.3 is 4.74 Å². The number of rotatable bonds is 22. The molecule has 168 valence electrons. The van der Waals surface area contributed by atoms with Gasteiger partial charge in [0.2, 0.25) is 0 Å². The molecule has 0 amide bonds. The van der Waals surface area contributed by atoms with E-state index in [9.17, 15) is 4.79 Å². The fourth-order valence-electron chi connectivity index (χ4n) is 3.88. The van der Waals surface area contributed by atoms with Crippen LogP contribution in [0.2, 0.25) is 0 Å². The molecule has 0 heterocycles. The molecule has 0 aromatic heterocycles. The Bertz CT molecular complexity index is 314. The number of unbranched alkanes of at least 4 members (excludes halogenated alkanes) is 16. The van der Waals surface area contributed by atoms with E-state index in [1.165, 1.54) is 96.3 Å². The smallest absolute Gasteiger partial charge is 0.308 e. The second-order valence-corrected chi connectivity index (χ2v) is 8.72. The molecule has 0 unspecified atom stereocenters. The Morgan fingerprint density at radius 2 is 0.964 bits per heavy atom. The minimum Gasteiger partial charge on any atom is -0.465 e. The summed E-state index contributed by atoms with van der Waals surface area (Å²) in [5.74, 6) is 0.165. The molecule has 0 saturated carbocycles. The van der Waals surface area contributed by atoms with E-state index in [1.807, 2.05) is 0 Å². The highest BCUT2D eigenvalue weighted by molar-refractivity contribution is 5.72. The summed E-state index contributed by atoms with van der Waals surface area (Å²) in [7, 11) is 0. The Labute approximate surface area is 177 Å². The highest BCUT2D eigenvalue weighted by atomic mass is 16.5. The minimum absolute atomic E-state index is 0.0388. The second-order valence-electron chi connectivity index (χ2n) is 8.72. The third kappa shape index (κ3) is 18.8. The van der Waals surface area contributed by atoms with Gasteiger partial charge in [-0.15, -0.1) is 0 Å². The van der Waals surface area contributed by atoms with E-state index in [1.54, 1.807) is 0 Å². The molecule has 0 saturated heterocycles. The first-order valence-electron chi connectivity index (χ1n) is 12.9. The summed E-state index contributed by atoms with van der Waals surface area (Å²) in [6, 6.07) is 0. The molecule has 2 heteroatoms. The van der Waals surface area contributed by atoms with Crippen LogP contribution in [0.1, 0.15) is 149 Å². The molecule has 0 bridgehead atoms. The van der Waals surface area contributed by atoms with Crippen molar-refractivity contribution in [3.63, 3.8) is 0 Å². The van der Waals surface area contributed by atoms with Gasteiger partial charge in [-0.3, -0.25) is 4.79 Å². The quantitative estimate of drug-likeness (QED) is 0.135. The summed E-state index contributed by atoms with van der Waals surface area (Å²) < 4.78 is 5.47. The predicted octanol–water partition coefficient (Wildman–Crippen LogP) is 9.01. The maximum absolute atomic E-state index is 12.0. The Morgan fingerprint density at radius 3 is 1.36 bits per heavy atom. The van der Waals surface area contributed by atoms with Crippen LogP contribution < -0.4 is 0 Å². The molecular formula is C26H52O2. The van der Waals surface area contributed by atoms with E-state index in [4.69, 9.17) is 4.74 Å². The van der Waals surface area contributed by atoms with Gasteiger partial charge in [0, 0.05) is 0 Å². The first kappa shape index (κ1) is 27.5. The van der Waals surface area contributed by atoms with Gasteiger partial charge in [-0.05, 0) is 19.3 Å². The normalized spacial score (nSPS) is 12.2. The van der Waals surface area contributed by atoms with Crippen LogP contribution >= 0.6 is 0 Å². The maximum atomic E-state index is 12.0. The Morgan fingerprint density at radius 1 is 0.571 bits per heavy atom. The highest BCUT2D eigenvalue weighted by Crippen LogP contribution is 2.16. The molecule has 0 aliphatic rings. The maximum Gasteiger partial charge on any atom is 0.308 e. The topological polar surface area (TPSA) is 26.3 Å². The Balaban J connectivity index is 3.24. The minimum atomic E-state index is 0.0388. The van der Waals surface area contributed by atoms with Crippen LogP contribution in [-0.4, -0.2) is 12.6 Å². The third-order valence-electron chi connectivity index (χ3n) is 5.97. The van der Waals surface area contributed by atoms with Crippen LogP contribution in [-0.2, 0) is 9.53 Å². The lowest BCUT2D eigenvalue weighted by Gasteiger charge is -2.13. The largest absolute Gasteiger partial charge is 0.465 e. The number of carbonyl (C=O) groups is 1. The van der Waals surface area contributed by atoms with Gasteiger partial charge in [-0.25, -0.2) is 0 Å². The van der Waals surface area contributed by atoms with E-state index in [0.29, 0.717) is 6.61 Å². The average molecular weight is 397 g/mol. The molecule has 28 heavy (non-hydrogen) atoms. The van der Waals surface area contributed by atoms with Crippen molar-refractivity contribution in [1.82, 2.24) is 0 Å². The number of ether oxygens (including phenoxy) is 1. The zero-order valence-corrected chi connectivity index (χ0v) is 19.7. The van der Waals surface area contributed by atoms with Crippen molar-refractivity contribution >= 4 is 5.97 Å². The third-order valence-corrected chi connectivity index (χ3v) is 5.97. The van der Waals surface area contributed by atoms with Crippen LogP contribution in [0.15, 0.2) is 0 Å². The van der Waals surface area contributed by atoms with Crippen molar-refractivity contribution in [2.24, 2.45) is 5.92 Å². The number of hydrogen-bond acceptors (Lipinski definition) is 2. The fourth-order valence-corrected chi connectivity index (χ4v) is 3.88. The van der Waals surface area contributed by atoms with Gasteiger partial charge in [0.05, 0.1) is 12.5 Å². The summed E-state index contributed by atoms with van der Waals surface area (Å²) in [6.07, 6.45) is 26.2. The first-order valence-corrected chi connectivity index (χ1v) is 12.9. The summed E-state index contributed by atoms with van der Waals surface area (Å²) in [4.78, 5) is 12.0. The molecule has 0 radical (unpaired) electrons. The SMILES string of the molecule is CCCCCCCCCCCCCCCCCCOC(=O)[C@@H](CC)CCCC. The number of hydrogen-bond donors (Lipinski definition) is 0. The van der Waals surface area contributed by atoms with E-state index in [2.05, 4.69) is 20.8 Å². The molecule has 0 aliphatic carbocycles. The van der Waals surface area contributed by atoms with Gasteiger partial charge in [-0.2, -0.15) is 0 Å². The lowest BCUT2D eigenvalue weighted by Crippen LogP contribution is -2.17. The van der Waals surface area contributed by atoms with Crippen molar-refractivity contribution in [2.75, 3.05) is 6.61 Å². The summed E-state index contributed by atoms with van der Waals surface area (Å²) in [5, 5.41) is 0. The Kier molecular flexibility index (Phi) is 22.3. The van der Waals surface area contributed by atoms with Crippen LogP contribution in [0.3, 0.4) is 0 Å². The zero-order chi connectivity index (χ0) is 20.7. The molecule has 0 rings (SSSR count).